The summed E-state index contributed by atoms with van der Waals surface area (Å²) < 4.78 is 0. The Morgan fingerprint density at radius 1 is 1.00 bits per heavy atom. The molecule has 0 fully saturated rings. The Labute approximate surface area is 167 Å². The molecule has 3 heterocycles. The number of fused-ring (bicyclic) bond motifs is 1. The number of nitrogens with one attached hydrogen (secondary N) is 2. The minimum atomic E-state index is -0.256. The van der Waals surface area contributed by atoms with Crippen molar-refractivity contribution in [3.05, 3.63) is 76.2 Å². The Balaban J connectivity index is 1.58. The van der Waals surface area contributed by atoms with E-state index < -0.39 is 0 Å². The maximum absolute atomic E-state index is 13.0. The predicted octanol–water partition coefficient (Wildman–Crippen LogP) is 3.60. The minimum absolute atomic E-state index is 0.162. The summed E-state index contributed by atoms with van der Waals surface area (Å²) in [4.78, 5) is 34.9. The van der Waals surface area contributed by atoms with Crippen LogP contribution in [-0.4, -0.2) is 21.8 Å². The van der Waals surface area contributed by atoms with Crippen LogP contribution in [0.5, 0.6) is 0 Å². The summed E-state index contributed by atoms with van der Waals surface area (Å²) in [6.45, 7) is 0.396. The van der Waals surface area contributed by atoms with Gasteiger partial charge in [-0.2, -0.15) is 0 Å². The molecule has 6 nitrogen and oxygen atoms in total. The van der Waals surface area contributed by atoms with Gasteiger partial charge in [-0.3, -0.25) is 19.6 Å². The van der Waals surface area contributed by atoms with Gasteiger partial charge in [0.2, 0.25) is 0 Å². The molecular weight excluding hydrogens is 372 g/mol. The molecule has 0 bridgehead atoms. The standard InChI is InChI=1S/C21H20N4O2S/c26-19(15-6-4-10-23-13-15)25-21-18(16-7-1-2-8-17(16)28-21)20(27)24-12-14-5-3-9-22-11-14/h3-6,9-11,13H,1-2,7-8,12H2,(H,24,27)(H,25,26). The van der Waals surface area contributed by atoms with E-state index in [4.69, 9.17) is 0 Å². The van der Waals surface area contributed by atoms with E-state index in [-0.39, 0.29) is 11.8 Å². The van der Waals surface area contributed by atoms with Crippen LogP contribution in [0.2, 0.25) is 0 Å². The van der Waals surface area contributed by atoms with Gasteiger partial charge in [0.25, 0.3) is 11.8 Å². The molecule has 0 aromatic carbocycles. The number of thiophene rings is 1. The molecule has 4 rings (SSSR count). The molecule has 2 N–H and O–H groups in total. The van der Waals surface area contributed by atoms with E-state index in [9.17, 15) is 9.59 Å². The third kappa shape index (κ3) is 3.94. The second kappa shape index (κ2) is 8.31. The zero-order valence-corrected chi connectivity index (χ0v) is 16.1. The first kappa shape index (κ1) is 18.3. The lowest BCUT2D eigenvalue weighted by atomic mass is 9.95. The predicted molar refractivity (Wildman–Crippen MR) is 109 cm³/mol. The van der Waals surface area contributed by atoms with Crippen molar-refractivity contribution in [2.45, 2.75) is 32.2 Å². The number of anilines is 1. The van der Waals surface area contributed by atoms with Gasteiger partial charge < -0.3 is 10.6 Å². The fraction of sp³-hybridized carbons (Fsp3) is 0.238. The molecule has 0 saturated carbocycles. The number of hydrogen-bond acceptors (Lipinski definition) is 5. The van der Waals surface area contributed by atoms with Crippen molar-refractivity contribution in [2.24, 2.45) is 0 Å². The minimum Gasteiger partial charge on any atom is -0.348 e. The van der Waals surface area contributed by atoms with Crippen molar-refractivity contribution in [3.63, 3.8) is 0 Å². The normalized spacial score (nSPS) is 12.9. The van der Waals surface area contributed by atoms with Crippen molar-refractivity contribution in [1.29, 1.82) is 0 Å². The van der Waals surface area contributed by atoms with Gasteiger partial charge in [0.15, 0.2) is 0 Å². The Morgan fingerprint density at radius 3 is 2.54 bits per heavy atom. The highest BCUT2D eigenvalue weighted by atomic mass is 32.1. The van der Waals surface area contributed by atoms with Crippen molar-refractivity contribution in [1.82, 2.24) is 15.3 Å². The quantitative estimate of drug-likeness (QED) is 0.695. The summed E-state index contributed by atoms with van der Waals surface area (Å²) in [7, 11) is 0. The molecule has 0 aliphatic heterocycles. The molecule has 0 unspecified atom stereocenters. The fourth-order valence-corrected chi connectivity index (χ4v) is 4.62. The number of carbonyl (C=O) groups is 2. The first-order valence-corrected chi connectivity index (χ1v) is 10.1. The van der Waals surface area contributed by atoms with E-state index in [1.807, 2.05) is 12.1 Å². The SMILES string of the molecule is O=C(Nc1sc2c(c1C(=O)NCc1cccnc1)CCCC2)c1cccnc1. The number of hydrogen-bond donors (Lipinski definition) is 2. The monoisotopic (exact) mass is 392 g/mol. The Bertz CT molecular complexity index is 986. The summed E-state index contributed by atoms with van der Waals surface area (Å²) in [6, 6.07) is 7.18. The molecule has 7 heteroatoms. The molecule has 3 aromatic rings. The van der Waals surface area contributed by atoms with Crippen LogP contribution in [-0.2, 0) is 19.4 Å². The second-order valence-electron chi connectivity index (χ2n) is 6.65. The lowest BCUT2D eigenvalue weighted by Crippen LogP contribution is -2.25. The van der Waals surface area contributed by atoms with E-state index in [0.717, 1.165) is 36.8 Å². The Morgan fingerprint density at radius 2 is 1.79 bits per heavy atom. The topological polar surface area (TPSA) is 84.0 Å². The highest BCUT2D eigenvalue weighted by Gasteiger charge is 2.26. The zero-order chi connectivity index (χ0) is 19.3. The number of aromatic nitrogens is 2. The fourth-order valence-electron chi connectivity index (χ4n) is 3.34. The van der Waals surface area contributed by atoms with E-state index in [1.54, 1.807) is 30.7 Å². The number of aryl methyl sites for hydroxylation is 1. The van der Waals surface area contributed by atoms with Crippen LogP contribution >= 0.6 is 11.3 Å². The van der Waals surface area contributed by atoms with Gasteiger partial charge in [0.1, 0.15) is 5.00 Å². The Hall–Kier alpha value is -3.06. The van der Waals surface area contributed by atoms with Gasteiger partial charge >= 0.3 is 0 Å². The van der Waals surface area contributed by atoms with Crippen molar-refractivity contribution < 1.29 is 9.59 Å². The maximum atomic E-state index is 13.0. The van der Waals surface area contributed by atoms with Crippen LogP contribution in [0.25, 0.3) is 0 Å². The molecule has 1 aliphatic rings. The molecule has 0 atom stereocenters. The molecule has 1 aliphatic carbocycles. The summed E-state index contributed by atoms with van der Waals surface area (Å²) in [5.41, 5.74) is 3.07. The van der Waals surface area contributed by atoms with E-state index in [1.165, 1.54) is 22.4 Å². The summed E-state index contributed by atoms with van der Waals surface area (Å²) >= 11 is 1.51. The third-order valence-electron chi connectivity index (χ3n) is 4.73. The maximum Gasteiger partial charge on any atom is 0.257 e. The smallest absolute Gasteiger partial charge is 0.257 e. The van der Waals surface area contributed by atoms with Gasteiger partial charge in [-0.25, -0.2) is 0 Å². The van der Waals surface area contributed by atoms with Gasteiger partial charge in [-0.15, -0.1) is 11.3 Å². The van der Waals surface area contributed by atoms with Crippen LogP contribution < -0.4 is 10.6 Å². The summed E-state index contributed by atoms with van der Waals surface area (Å²) in [5.74, 6) is -0.419. The van der Waals surface area contributed by atoms with Crippen LogP contribution in [0.15, 0.2) is 49.1 Å². The number of rotatable bonds is 5. The lowest BCUT2D eigenvalue weighted by molar-refractivity contribution is 0.0951. The molecule has 28 heavy (non-hydrogen) atoms. The van der Waals surface area contributed by atoms with Crippen LogP contribution in [0.4, 0.5) is 5.00 Å². The van der Waals surface area contributed by atoms with Gasteiger partial charge in [0, 0.05) is 36.2 Å². The summed E-state index contributed by atoms with van der Waals surface area (Å²) in [6.07, 6.45) is 10.6. The molecule has 2 amide bonds. The van der Waals surface area contributed by atoms with Crippen molar-refractivity contribution in [3.8, 4) is 0 Å². The Kier molecular flexibility index (Phi) is 5.43. The van der Waals surface area contributed by atoms with Crippen molar-refractivity contribution >= 4 is 28.2 Å². The van der Waals surface area contributed by atoms with E-state index in [2.05, 4.69) is 20.6 Å². The average molecular weight is 392 g/mol. The van der Waals surface area contributed by atoms with Crippen LogP contribution in [0, 0.1) is 0 Å². The number of amides is 2. The molecule has 0 radical (unpaired) electrons. The molecule has 142 valence electrons. The van der Waals surface area contributed by atoms with Gasteiger partial charge in [-0.1, -0.05) is 6.07 Å². The lowest BCUT2D eigenvalue weighted by Gasteiger charge is -2.13. The summed E-state index contributed by atoms with van der Waals surface area (Å²) in [5, 5.41) is 6.51. The first-order valence-electron chi connectivity index (χ1n) is 9.25. The van der Waals surface area contributed by atoms with Gasteiger partial charge in [0.05, 0.1) is 11.1 Å². The average Bonchev–Trinajstić information content (AvgIpc) is 3.11. The number of carbonyl (C=O) groups excluding carboxylic acids is 2. The van der Waals surface area contributed by atoms with Crippen LogP contribution in [0.1, 0.15) is 49.6 Å². The molecular formula is C21H20N4O2S. The number of pyridine rings is 2. The number of nitrogens with zero attached hydrogens (tertiary/aromatic N) is 2. The van der Waals surface area contributed by atoms with Crippen molar-refractivity contribution in [2.75, 3.05) is 5.32 Å². The molecule has 3 aromatic heterocycles. The zero-order valence-electron chi connectivity index (χ0n) is 15.3. The highest BCUT2D eigenvalue weighted by molar-refractivity contribution is 7.17. The second-order valence-corrected chi connectivity index (χ2v) is 7.76. The molecule has 0 spiro atoms. The van der Waals surface area contributed by atoms with Crippen LogP contribution in [0.3, 0.4) is 0 Å². The molecule has 0 saturated heterocycles. The third-order valence-corrected chi connectivity index (χ3v) is 5.93. The first-order chi connectivity index (χ1) is 13.7. The highest BCUT2D eigenvalue weighted by Crippen LogP contribution is 2.38. The van der Waals surface area contributed by atoms with E-state index >= 15 is 0 Å². The van der Waals surface area contributed by atoms with E-state index in [0.29, 0.717) is 22.7 Å². The van der Waals surface area contributed by atoms with Gasteiger partial charge in [-0.05, 0) is 55.0 Å². The largest absolute Gasteiger partial charge is 0.348 e.